The van der Waals surface area contributed by atoms with Crippen molar-refractivity contribution in [2.45, 2.75) is 31.3 Å². The maximum atomic E-state index is 12.7. The molecule has 1 saturated carbocycles. The van der Waals surface area contributed by atoms with E-state index in [4.69, 9.17) is 0 Å². The molecule has 6 heteroatoms. The summed E-state index contributed by atoms with van der Waals surface area (Å²) in [5.74, 6) is 0.603. The summed E-state index contributed by atoms with van der Waals surface area (Å²) in [5, 5.41) is 0. The molecule has 4 rings (SSSR count). The van der Waals surface area contributed by atoms with Crippen molar-refractivity contribution in [2.75, 3.05) is 31.1 Å². The molecule has 0 bridgehead atoms. The molecule has 2 heterocycles. The molecule has 0 unspecified atom stereocenters. The van der Waals surface area contributed by atoms with Gasteiger partial charge in [-0.25, -0.2) is 8.42 Å². The van der Waals surface area contributed by atoms with Gasteiger partial charge in [-0.15, -0.1) is 0 Å². The van der Waals surface area contributed by atoms with Crippen molar-refractivity contribution in [1.82, 2.24) is 9.80 Å². The number of carbonyl (C=O) groups is 1. The highest BCUT2D eigenvalue weighted by atomic mass is 32.2. The molecule has 0 radical (unpaired) electrons. The van der Waals surface area contributed by atoms with Crippen LogP contribution in [0.4, 0.5) is 0 Å². The number of carbonyl (C=O) groups excluding carboxylic acids is 1. The van der Waals surface area contributed by atoms with Crippen molar-refractivity contribution in [2.24, 2.45) is 5.92 Å². The van der Waals surface area contributed by atoms with Crippen molar-refractivity contribution in [1.29, 1.82) is 0 Å². The molecule has 1 aliphatic carbocycles. The highest BCUT2D eigenvalue weighted by molar-refractivity contribution is 7.91. The Morgan fingerprint density at radius 2 is 1.81 bits per heavy atom. The maximum absolute atomic E-state index is 12.7. The van der Waals surface area contributed by atoms with E-state index in [0.29, 0.717) is 6.54 Å². The molecule has 0 spiro atoms. The molecule has 0 N–H and O–H groups in total. The molecular formula is C20H26N2O3S. The number of benzene rings is 1. The first-order valence-electron chi connectivity index (χ1n) is 9.50. The van der Waals surface area contributed by atoms with Crippen LogP contribution in [0.2, 0.25) is 0 Å². The summed E-state index contributed by atoms with van der Waals surface area (Å²) in [6.45, 7) is 2.11. The van der Waals surface area contributed by atoms with Crippen molar-refractivity contribution in [3.63, 3.8) is 0 Å². The van der Waals surface area contributed by atoms with Crippen molar-refractivity contribution in [3.8, 4) is 0 Å². The van der Waals surface area contributed by atoms with Crippen LogP contribution in [-0.4, -0.2) is 67.3 Å². The fraction of sp³-hybridized carbons (Fsp3) is 0.550. The SMILES string of the molecule is O=C(C1CCC1)N1CCN(C/C=C/c2ccccc2)[C@@H]2CS(=O)(=O)C[C@@H]21. The highest BCUT2D eigenvalue weighted by Crippen LogP contribution is 2.33. The van der Waals surface area contributed by atoms with Gasteiger partial charge >= 0.3 is 0 Å². The Kier molecular flexibility index (Phi) is 4.88. The smallest absolute Gasteiger partial charge is 0.226 e. The Morgan fingerprint density at radius 1 is 1.08 bits per heavy atom. The molecule has 3 fully saturated rings. The van der Waals surface area contributed by atoms with Gasteiger partial charge in [0.05, 0.1) is 17.5 Å². The normalized spacial score (nSPS) is 28.8. The molecule has 140 valence electrons. The lowest BCUT2D eigenvalue weighted by molar-refractivity contribution is -0.143. The van der Waals surface area contributed by atoms with Crippen LogP contribution in [0.15, 0.2) is 36.4 Å². The number of amides is 1. The number of hydrogen-bond donors (Lipinski definition) is 0. The van der Waals surface area contributed by atoms with Crippen LogP contribution < -0.4 is 0 Å². The maximum Gasteiger partial charge on any atom is 0.226 e. The average molecular weight is 375 g/mol. The Hall–Kier alpha value is -1.66. The van der Waals surface area contributed by atoms with Gasteiger partial charge in [0, 0.05) is 31.6 Å². The molecule has 3 aliphatic rings. The second kappa shape index (κ2) is 7.16. The lowest BCUT2D eigenvalue weighted by Crippen LogP contribution is -2.61. The molecule has 2 atom stereocenters. The van der Waals surface area contributed by atoms with Gasteiger partial charge in [0.1, 0.15) is 0 Å². The van der Waals surface area contributed by atoms with E-state index in [-0.39, 0.29) is 35.4 Å². The van der Waals surface area contributed by atoms with E-state index in [1.54, 1.807) is 0 Å². The van der Waals surface area contributed by atoms with Crippen LogP contribution in [0.25, 0.3) is 6.08 Å². The highest BCUT2D eigenvalue weighted by Gasteiger charge is 2.48. The first-order chi connectivity index (χ1) is 12.5. The van der Waals surface area contributed by atoms with Crippen LogP contribution >= 0.6 is 0 Å². The zero-order chi connectivity index (χ0) is 18.1. The van der Waals surface area contributed by atoms with Gasteiger partial charge in [-0.3, -0.25) is 9.69 Å². The monoisotopic (exact) mass is 374 g/mol. The summed E-state index contributed by atoms with van der Waals surface area (Å²) < 4.78 is 24.6. The summed E-state index contributed by atoms with van der Waals surface area (Å²) in [4.78, 5) is 16.9. The van der Waals surface area contributed by atoms with Crippen LogP contribution in [0, 0.1) is 5.92 Å². The lowest BCUT2D eigenvalue weighted by Gasteiger charge is -2.45. The van der Waals surface area contributed by atoms with Crippen LogP contribution in [0.1, 0.15) is 24.8 Å². The van der Waals surface area contributed by atoms with Gasteiger partial charge in [0.15, 0.2) is 9.84 Å². The topological polar surface area (TPSA) is 57.7 Å². The van der Waals surface area contributed by atoms with Gasteiger partial charge in [0.2, 0.25) is 5.91 Å². The summed E-state index contributed by atoms with van der Waals surface area (Å²) >= 11 is 0. The predicted molar refractivity (Wildman–Crippen MR) is 102 cm³/mol. The standard InChI is InChI=1S/C20H26N2O3S/c23-20(17-9-4-10-17)22-13-12-21(18-14-26(24,25)15-19(18)22)11-5-8-16-6-2-1-3-7-16/h1-3,5-8,17-19H,4,9-15H2/b8-5+/t18-,19+/m1/s1. The van der Waals surface area contributed by atoms with E-state index in [0.717, 1.165) is 37.9 Å². The minimum atomic E-state index is -3.08. The third kappa shape index (κ3) is 3.58. The van der Waals surface area contributed by atoms with Crippen molar-refractivity contribution in [3.05, 3.63) is 42.0 Å². The minimum absolute atomic E-state index is 0.0711. The van der Waals surface area contributed by atoms with Gasteiger partial charge in [-0.2, -0.15) is 0 Å². The summed E-state index contributed by atoms with van der Waals surface area (Å²) in [5.41, 5.74) is 1.14. The summed E-state index contributed by atoms with van der Waals surface area (Å²) in [6.07, 6.45) is 7.21. The summed E-state index contributed by atoms with van der Waals surface area (Å²) in [7, 11) is -3.08. The fourth-order valence-electron chi connectivity index (χ4n) is 4.30. The molecule has 0 aromatic heterocycles. The zero-order valence-electron chi connectivity index (χ0n) is 15.0. The number of piperazine rings is 1. The van der Waals surface area contributed by atoms with Gasteiger partial charge in [-0.1, -0.05) is 48.9 Å². The fourth-order valence-corrected chi connectivity index (χ4v) is 6.31. The van der Waals surface area contributed by atoms with E-state index in [1.165, 1.54) is 0 Å². The van der Waals surface area contributed by atoms with Crippen molar-refractivity contribution >= 4 is 21.8 Å². The lowest BCUT2D eigenvalue weighted by atomic mass is 9.83. The van der Waals surface area contributed by atoms with Gasteiger partial charge in [0.25, 0.3) is 0 Å². The van der Waals surface area contributed by atoms with Crippen LogP contribution in [-0.2, 0) is 14.6 Å². The molecule has 1 aromatic rings. The zero-order valence-corrected chi connectivity index (χ0v) is 15.8. The van der Waals surface area contributed by atoms with E-state index in [1.807, 2.05) is 23.1 Å². The second-order valence-electron chi connectivity index (χ2n) is 7.68. The van der Waals surface area contributed by atoms with E-state index >= 15 is 0 Å². The predicted octanol–water partition coefficient (Wildman–Crippen LogP) is 1.81. The number of fused-ring (bicyclic) bond motifs is 1. The molecule has 2 aliphatic heterocycles. The minimum Gasteiger partial charge on any atom is -0.336 e. The van der Waals surface area contributed by atoms with E-state index in [9.17, 15) is 13.2 Å². The molecule has 5 nitrogen and oxygen atoms in total. The Balaban J connectivity index is 1.46. The first-order valence-corrected chi connectivity index (χ1v) is 11.3. The van der Waals surface area contributed by atoms with Crippen LogP contribution in [0.3, 0.4) is 0 Å². The largest absolute Gasteiger partial charge is 0.336 e. The van der Waals surface area contributed by atoms with E-state index < -0.39 is 9.84 Å². The Morgan fingerprint density at radius 3 is 2.50 bits per heavy atom. The summed E-state index contributed by atoms with van der Waals surface area (Å²) in [6, 6.07) is 9.85. The molecule has 1 aromatic carbocycles. The van der Waals surface area contributed by atoms with Gasteiger partial charge < -0.3 is 4.90 Å². The Bertz CT molecular complexity index is 787. The third-order valence-corrected chi connectivity index (χ3v) is 7.68. The van der Waals surface area contributed by atoms with Gasteiger partial charge in [-0.05, 0) is 18.4 Å². The number of hydrogen-bond acceptors (Lipinski definition) is 4. The molecule has 1 amide bonds. The first kappa shape index (κ1) is 17.7. The number of rotatable bonds is 4. The van der Waals surface area contributed by atoms with Crippen molar-refractivity contribution < 1.29 is 13.2 Å². The average Bonchev–Trinajstić information content (AvgIpc) is 2.89. The molecule has 26 heavy (non-hydrogen) atoms. The quantitative estimate of drug-likeness (QED) is 0.807. The number of sulfone groups is 1. The van der Waals surface area contributed by atoms with Crippen LogP contribution in [0.5, 0.6) is 0 Å². The molecule has 2 saturated heterocycles. The van der Waals surface area contributed by atoms with E-state index in [2.05, 4.69) is 29.2 Å². The Labute approximate surface area is 155 Å². The third-order valence-electron chi connectivity index (χ3n) is 5.98. The molecular weight excluding hydrogens is 348 g/mol. The number of nitrogens with zero attached hydrogens (tertiary/aromatic N) is 2. The second-order valence-corrected chi connectivity index (χ2v) is 9.83.